The third-order valence-electron chi connectivity index (χ3n) is 2.75. The summed E-state index contributed by atoms with van der Waals surface area (Å²) < 4.78 is 6.12. The quantitative estimate of drug-likeness (QED) is 0.756. The molecule has 6 nitrogen and oxygen atoms in total. The summed E-state index contributed by atoms with van der Waals surface area (Å²) in [6.45, 7) is 0. The van der Waals surface area contributed by atoms with Crippen LogP contribution in [0.5, 0.6) is 5.75 Å². The predicted molar refractivity (Wildman–Crippen MR) is 75.8 cm³/mol. The molecule has 0 aliphatic heterocycles. The molecule has 0 amide bonds. The first-order chi connectivity index (χ1) is 9.19. The van der Waals surface area contributed by atoms with Crippen molar-refractivity contribution in [1.82, 2.24) is 19.9 Å². The predicted octanol–water partition coefficient (Wildman–Crippen LogP) is 2.37. The highest BCUT2D eigenvalue weighted by Gasteiger charge is 2.12. The number of ether oxygens (including phenoxy) is 1. The van der Waals surface area contributed by atoms with Crippen molar-refractivity contribution in [3.8, 4) is 17.1 Å². The Morgan fingerprint density at radius 2 is 2.16 bits per heavy atom. The Morgan fingerprint density at radius 3 is 2.89 bits per heavy atom. The molecule has 0 aliphatic rings. The topological polar surface area (TPSA) is 89.7 Å². The summed E-state index contributed by atoms with van der Waals surface area (Å²) in [5, 5.41) is 0. The van der Waals surface area contributed by atoms with Crippen molar-refractivity contribution in [3.05, 3.63) is 29.0 Å². The minimum absolute atomic E-state index is 0.378. The van der Waals surface area contributed by atoms with E-state index >= 15 is 0 Å². The Bertz CT molecular complexity index is 755. The lowest BCUT2D eigenvalue weighted by Crippen LogP contribution is -1.91. The number of H-pyrrole nitrogens is 1. The van der Waals surface area contributed by atoms with Crippen LogP contribution in [-0.2, 0) is 0 Å². The van der Waals surface area contributed by atoms with E-state index in [9.17, 15) is 0 Å². The van der Waals surface area contributed by atoms with Gasteiger partial charge in [0, 0.05) is 10.0 Å². The number of anilines is 1. The highest BCUT2D eigenvalue weighted by Crippen LogP contribution is 2.31. The normalized spacial score (nSPS) is 10.8. The maximum atomic E-state index is 5.78. The van der Waals surface area contributed by atoms with Gasteiger partial charge in [0.2, 0.25) is 0 Å². The molecule has 0 fully saturated rings. The van der Waals surface area contributed by atoms with E-state index in [-0.39, 0.29) is 0 Å². The second-order valence-electron chi connectivity index (χ2n) is 3.89. The van der Waals surface area contributed by atoms with Crippen LogP contribution < -0.4 is 10.5 Å². The standard InChI is InChI=1S/C12H10BrN5O/c1-19-6-2-3-8(13)7(4-6)11-17-9-10(14)15-5-16-12(9)18-11/h2-5H,1H3,(H3,14,15,16,17,18). The molecule has 7 heteroatoms. The number of nitrogens with one attached hydrogen (secondary N) is 1. The van der Waals surface area contributed by atoms with Crippen LogP contribution >= 0.6 is 15.9 Å². The van der Waals surface area contributed by atoms with E-state index in [1.807, 2.05) is 18.2 Å². The molecule has 0 spiro atoms. The molecule has 19 heavy (non-hydrogen) atoms. The summed E-state index contributed by atoms with van der Waals surface area (Å²) in [7, 11) is 1.62. The molecule has 96 valence electrons. The molecule has 0 atom stereocenters. The first-order valence-corrected chi connectivity index (χ1v) is 6.28. The minimum Gasteiger partial charge on any atom is -0.497 e. The van der Waals surface area contributed by atoms with Gasteiger partial charge in [-0.25, -0.2) is 15.0 Å². The van der Waals surface area contributed by atoms with Crippen molar-refractivity contribution < 1.29 is 4.74 Å². The molecular formula is C12H10BrN5O. The molecule has 2 aromatic heterocycles. The van der Waals surface area contributed by atoms with Gasteiger partial charge >= 0.3 is 0 Å². The molecule has 0 saturated carbocycles. The average molecular weight is 320 g/mol. The second kappa shape index (κ2) is 4.51. The van der Waals surface area contributed by atoms with Gasteiger partial charge in [0.05, 0.1) is 7.11 Å². The van der Waals surface area contributed by atoms with Crippen LogP contribution in [0.3, 0.4) is 0 Å². The van der Waals surface area contributed by atoms with Crippen LogP contribution in [-0.4, -0.2) is 27.0 Å². The van der Waals surface area contributed by atoms with Gasteiger partial charge < -0.3 is 15.5 Å². The van der Waals surface area contributed by atoms with Crippen molar-refractivity contribution in [2.75, 3.05) is 12.8 Å². The lowest BCUT2D eigenvalue weighted by molar-refractivity contribution is 0.415. The van der Waals surface area contributed by atoms with E-state index in [1.165, 1.54) is 6.33 Å². The minimum atomic E-state index is 0.378. The van der Waals surface area contributed by atoms with E-state index in [4.69, 9.17) is 10.5 Å². The Labute approximate surface area is 117 Å². The lowest BCUT2D eigenvalue weighted by atomic mass is 10.2. The van der Waals surface area contributed by atoms with Crippen molar-refractivity contribution >= 4 is 32.9 Å². The van der Waals surface area contributed by atoms with E-state index in [0.29, 0.717) is 22.8 Å². The van der Waals surface area contributed by atoms with Gasteiger partial charge in [-0.1, -0.05) is 15.9 Å². The molecule has 3 N–H and O–H groups in total. The fourth-order valence-electron chi connectivity index (χ4n) is 1.79. The van der Waals surface area contributed by atoms with Gasteiger partial charge in [-0.15, -0.1) is 0 Å². The largest absolute Gasteiger partial charge is 0.497 e. The van der Waals surface area contributed by atoms with Crippen molar-refractivity contribution in [2.24, 2.45) is 0 Å². The van der Waals surface area contributed by atoms with Gasteiger partial charge in [0.1, 0.15) is 23.4 Å². The highest BCUT2D eigenvalue weighted by atomic mass is 79.9. The zero-order valence-electron chi connectivity index (χ0n) is 10.0. The average Bonchev–Trinajstić information content (AvgIpc) is 2.84. The SMILES string of the molecule is COc1ccc(Br)c(-c2nc3ncnc(N)c3[nH]2)c1. The molecule has 0 radical (unpaired) electrons. The van der Waals surface area contributed by atoms with Gasteiger partial charge in [-0.3, -0.25) is 0 Å². The molecule has 3 aromatic rings. The van der Waals surface area contributed by atoms with Crippen molar-refractivity contribution in [3.63, 3.8) is 0 Å². The number of imidazole rings is 1. The summed E-state index contributed by atoms with van der Waals surface area (Å²) in [5.74, 6) is 1.79. The summed E-state index contributed by atoms with van der Waals surface area (Å²) in [5.41, 5.74) is 7.83. The number of nitrogens with zero attached hydrogens (tertiary/aromatic N) is 3. The zero-order chi connectivity index (χ0) is 13.4. The number of nitrogens with two attached hydrogens (primary N) is 1. The van der Waals surface area contributed by atoms with Crippen LogP contribution in [0.25, 0.3) is 22.6 Å². The fourth-order valence-corrected chi connectivity index (χ4v) is 2.22. The molecule has 2 heterocycles. The number of methoxy groups -OCH3 is 1. The summed E-state index contributed by atoms with van der Waals surface area (Å²) in [6, 6.07) is 5.65. The van der Waals surface area contributed by atoms with Crippen LogP contribution in [0.1, 0.15) is 0 Å². The van der Waals surface area contributed by atoms with Gasteiger partial charge in [0.15, 0.2) is 11.5 Å². The first kappa shape index (κ1) is 11.9. The van der Waals surface area contributed by atoms with E-state index in [0.717, 1.165) is 15.8 Å². The molecular weight excluding hydrogens is 310 g/mol. The molecule has 0 bridgehead atoms. The number of hydrogen-bond donors (Lipinski definition) is 2. The summed E-state index contributed by atoms with van der Waals surface area (Å²) in [4.78, 5) is 15.5. The fraction of sp³-hybridized carbons (Fsp3) is 0.0833. The lowest BCUT2D eigenvalue weighted by Gasteiger charge is -2.04. The van der Waals surface area contributed by atoms with Crippen LogP contribution in [0.15, 0.2) is 29.0 Å². The first-order valence-electron chi connectivity index (χ1n) is 5.49. The second-order valence-corrected chi connectivity index (χ2v) is 4.74. The molecule has 0 unspecified atom stereocenters. The number of benzene rings is 1. The third kappa shape index (κ3) is 2.01. The number of hydrogen-bond acceptors (Lipinski definition) is 5. The number of fused-ring (bicyclic) bond motifs is 1. The van der Waals surface area contributed by atoms with E-state index in [2.05, 4.69) is 35.9 Å². The molecule has 0 aliphatic carbocycles. The molecule has 0 saturated heterocycles. The Morgan fingerprint density at radius 1 is 1.32 bits per heavy atom. The number of aromatic amines is 1. The monoisotopic (exact) mass is 319 g/mol. The number of halogens is 1. The van der Waals surface area contributed by atoms with Crippen LogP contribution in [0.2, 0.25) is 0 Å². The number of rotatable bonds is 2. The summed E-state index contributed by atoms with van der Waals surface area (Å²) in [6.07, 6.45) is 1.39. The summed E-state index contributed by atoms with van der Waals surface area (Å²) >= 11 is 3.49. The number of aromatic nitrogens is 4. The van der Waals surface area contributed by atoms with Crippen molar-refractivity contribution in [2.45, 2.75) is 0 Å². The molecule has 3 rings (SSSR count). The molecule has 1 aromatic carbocycles. The van der Waals surface area contributed by atoms with Crippen LogP contribution in [0.4, 0.5) is 5.82 Å². The Hall–Kier alpha value is -2.15. The van der Waals surface area contributed by atoms with Gasteiger partial charge in [0.25, 0.3) is 0 Å². The Balaban J connectivity index is 2.21. The smallest absolute Gasteiger partial charge is 0.183 e. The van der Waals surface area contributed by atoms with Crippen molar-refractivity contribution in [1.29, 1.82) is 0 Å². The zero-order valence-corrected chi connectivity index (χ0v) is 11.6. The third-order valence-corrected chi connectivity index (χ3v) is 3.44. The highest BCUT2D eigenvalue weighted by molar-refractivity contribution is 9.10. The number of nitrogen functional groups attached to an aromatic ring is 1. The maximum Gasteiger partial charge on any atom is 0.183 e. The van der Waals surface area contributed by atoms with E-state index in [1.54, 1.807) is 7.11 Å². The van der Waals surface area contributed by atoms with Gasteiger partial charge in [-0.2, -0.15) is 0 Å². The maximum absolute atomic E-state index is 5.78. The van der Waals surface area contributed by atoms with E-state index < -0.39 is 0 Å². The van der Waals surface area contributed by atoms with Crippen LogP contribution in [0, 0.1) is 0 Å². The van der Waals surface area contributed by atoms with Gasteiger partial charge in [-0.05, 0) is 18.2 Å². The Kier molecular flexibility index (Phi) is 2.83.